The van der Waals surface area contributed by atoms with Crippen LogP contribution in [0.4, 0.5) is 0 Å². The first-order chi connectivity index (χ1) is 4.47. The van der Waals surface area contributed by atoms with E-state index in [0.29, 0.717) is 0 Å². The predicted molar refractivity (Wildman–Crippen MR) is 32.6 cm³/mol. The number of hydrogen-bond donors (Lipinski definition) is 1. The monoisotopic (exact) mass is 121 g/mol. The molecule has 0 saturated carbocycles. The van der Waals surface area contributed by atoms with Gasteiger partial charge in [0.15, 0.2) is 0 Å². The molecule has 0 bridgehead atoms. The van der Waals surface area contributed by atoms with Gasteiger partial charge in [0.05, 0.1) is 0 Å². The fourth-order valence-corrected chi connectivity index (χ4v) is 1.04. The zero-order valence-electron chi connectivity index (χ0n) is 4.96. The molecule has 0 spiro atoms. The Morgan fingerprint density at radius 3 is 3.67 bits per heavy atom. The van der Waals surface area contributed by atoms with Crippen LogP contribution in [-0.4, -0.2) is 6.04 Å². The van der Waals surface area contributed by atoms with Crippen LogP contribution in [0, 0.1) is 0 Å². The molecule has 0 fully saturated rings. The second-order valence-electron chi connectivity index (χ2n) is 2.18. The Morgan fingerprint density at radius 1 is 1.78 bits per heavy atom. The van der Waals surface area contributed by atoms with Gasteiger partial charge in [-0.05, 0) is 18.9 Å². The fraction of sp³-hybridized carbons (Fsp3) is 0.500. The smallest absolute Gasteiger partial charge is 0.122 e. The Morgan fingerprint density at radius 2 is 2.78 bits per heavy atom. The summed E-state index contributed by atoms with van der Waals surface area (Å²) in [5.41, 5.74) is 6.89. The lowest BCUT2D eigenvalue weighted by molar-refractivity contribution is 0.694. The first-order valence-electron chi connectivity index (χ1n) is 3.08. The molecule has 46 valence electrons. The van der Waals surface area contributed by atoms with E-state index in [1.54, 1.807) is 0 Å². The lowest BCUT2D eigenvalue weighted by Crippen LogP contribution is -2.12. The zero-order valence-corrected chi connectivity index (χ0v) is 4.96. The van der Waals surface area contributed by atoms with Crippen molar-refractivity contribution in [3.63, 3.8) is 0 Å². The topological polar surface area (TPSA) is 36.8 Å². The van der Waals surface area contributed by atoms with Crippen molar-refractivity contribution in [2.24, 2.45) is 10.3 Å². The summed E-state index contributed by atoms with van der Waals surface area (Å²) in [6, 6.07) is 0.287. The van der Waals surface area contributed by atoms with Crippen LogP contribution in [0.15, 0.2) is 27.8 Å². The van der Waals surface area contributed by atoms with Crippen molar-refractivity contribution in [2.75, 3.05) is 0 Å². The van der Waals surface area contributed by atoms with Crippen LogP contribution in [-0.2, 0) is 0 Å². The quantitative estimate of drug-likeness (QED) is 0.479. The molecule has 3 heteroatoms. The van der Waals surface area contributed by atoms with Gasteiger partial charge < -0.3 is 0 Å². The van der Waals surface area contributed by atoms with Crippen molar-refractivity contribution < 1.29 is 0 Å². The van der Waals surface area contributed by atoms with E-state index >= 15 is 0 Å². The summed E-state index contributed by atoms with van der Waals surface area (Å²) >= 11 is 0. The van der Waals surface area contributed by atoms with E-state index in [0.717, 1.165) is 18.5 Å². The van der Waals surface area contributed by atoms with Crippen molar-refractivity contribution in [1.29, 1.82) is 0 Å². The lowest BCUT2D eigenvalue weighted by atomic mass is 10.1. The third-order valence-electron chi connectivity index (χ3n) is 1.54. The molecule has 0 aromatic heterocycles. The number of fused-ring (bicyclic) bond motifs is 1. The standard InChI is InChI=1S/C6H7N3/c1-2-4-6-5(3-1)7-9-8-6/h1,6H,2,4H2,(H,7,8). The van der Waals surface area contributed by atoms with Crippen LogP contribution in [0.1, 0.15) is 12.8 Å². The van der Waals surface area contributed by atoms with E-state index in [9.17, 15) is 0 Å². The highest BCUT2D eigenvalue weighted by Crippen LogP contribution is 2.18. The maximum absolute atomic E-state index is 3.95. The highest BCUT2D eigenvalue weighted by Gasteiger charge is 2.18. The highest BCUT2D eigenvalue weighted by atomic mass is 15.5. The third-order valence-corrected chi connectivity index (χ3v) is 1.54. The van der Waals surface area contributed by atoms with Gasteiger partial charge in [-0.2, -0.15) is 5.11 Å². The average molecular weight is 121 g/mol. The Labute approximate surface area is 53.1 Å². The van der Waals surface area contributed by atoms with Gasteiger partial charge in [0.25, 0.3) is 0 Å². The van der Waals surface area contributed by atoms with Crippen LogP contribution in [0.5, 0.6) is 0 Å². The molecule has 1 aliphatic carbocycles. The van der Waals surface area contributed by atoms with E-state index in [1.165, 1.54) is 0 Å². The molecule has 0 radical (unpaired) electrons. The van der Waals surface area contributed by atoms with Gasteiger partial charge in [-0.1, -0.05) is 5.22 Å². The number of nitrogens with zero attached hydrogens (tertiary/aromatic N) is 2. The molecule has 2 rings (SSSR count). The minimum Gasteiger partial charge on any atom is -0.254 e. The number of hydrogen-bond acceptors (Lipinski definition) is 3. The van der Waals surface area contributed by atoms with Crippen molar-refractivity contribution >= 4 is 0 Å². The summed E-state index contributed by atoms with van der Waals surface area (Å²) in [6.45, 7) is 0. The van der Waals surface area contributed by atoms with Gasteiger partial charge in [0.1, 0.15) is 11.7 Å². The average Bonchev–Trinajstić information content (AvgIpc) is 2.33. The second kappa shape index (κ2) is 1.71. The normalized spacial score (nSPS) is 29.3. The summed E-state index contributed by atoms with van der Waals surface area (Å²) in [7, 11) is 0. The summed E-state index contributed by atoms with van der Waals surface area (Å²) in [6.07, 6.45) is 4.18. The fourth-order valence-electron chi connectivity index (χ4n) is 1.04. The van der Waals surface area contributed by atoms with Crippen LogP contribution < -0.4 is 5.43 Å². The molecular weight excluding hydrogens is 114 g/mol. The van der Waals surface area contributed by atoms with Gasteiger partial charge in [-0.3, -0.25) is 5.43 Å². The Hall–Kier alpha value is -1.08. The predicted octanol–water partition coefficient (Wildman–Crippen LogP) is 1.16. The largest absolute Gasteiger partial charge is 0.254 e. The SMILES string of the molecule is C1=CCCC2N=NNC=12. The van der Waals surface area contributed by atoms with E-state index in [1.807, 2.05) is 6.08 Å². The molecule has 9 heavy (non-hydrogen) atoms. The summed E-state index contributed by atoms with van der Waals surface area (Å²) < 4.78 is 0. The zero-order chi connectivity index (χ0) is 6.10. The van der Waals surface area contributed by atoms with Gasteiger partial charge in [-0.25, -0.2) is 0 Å². The van der Waals surface area contributed by atoms with Crippen LogP contribution in [0.3, 0.4) is 0 Å². The molecule has 3 nitrogen and oxygen atoms in total. The molecule has 1 atom stereocenters. The molecule has 1 N–H and O–H groups in total. The first-order valence-corrected chi connectivity index (χ1v) is 3.08. The van der Waals surface area contributed by atoms with E-state index < -0.39 is 0 Å². The summed E-state index contributed by atoms with van der Waals surface area (Å²) in [4.78, 5) is 0. The Kier molecular flexibility index (Phi) is 0.904. The Bertz CT molecular complexity index is 210. The second-order valence-corrected chi connectivity index (χ2v) is 2.18. The lowest BCUT2D eigenvalue weighted by Gasteiger charge is -2.05. The van der Waals surface area contributed by atoms with Crippen LogP contribution >= 0.6 is 0 Å². The molecule has 0 aromatic rings. The van der Waals surface area contributed by atoms with Crippen LogP contribution in [0.2, 0.25) is 0 Å². The van der Waals surface area contributed by atoms with Gasteiger partial charge in [0.2, 0.25) is 0 Å². The molecule has 1 aliphatic heterocycles. The van der Waals surface area contributed by atoms with Gasteiger partial charge in [-0.15, -0.1) is 5.73 Å². The van der Waals surface area contributed by atoms with E-state index in [4.69, 9.17) is 0 Å². The van der Waals surface area contributed by atoms with Crippen molar-refractivity contribution in [1.82, 2.24) is 5.43 Å². The highest BCUT2D eigenvalue weighted by molar-refractivity contribution is 5.13. The minimum absolute atomic E-state index is 0.287. The molecular formula is C6H7N3. The first kappa shape index (κ1) is 4.77. The summed E-state index contributed by atoms with van der Waals surface area (Å²) in [5.74, 6) is 0. The molecule has 0 amide bonds. The maximum Gasteiger partial charge on any atom is 0.122 e. The molecule has 0 aromatic carbocycles. The van der Waals surface area contributed by atoms with E-state index in [2.05, 4.69) is 21.5 Å². The van der Waals surface area contributed by atoms with Crippen molar-refractivity contribution in [2.45, 2.75) is 18.9 Å². The van der Waals surface area contributed by atoms with Crippen molar-refractivity contribution in [3.05, 3.63) is 17.5 Å². The molecule has 1 unspecified atom stereocenters. The molecule has 1 heterocycles. The number of nitrogens with one attached hydrogen (secondary N) is 1. The van der Waals surface area contributed by atoms with Crippen LogP contribution in [0.25, 0.3) is 0 Å². The maximum atomic E-state index is 3.95. The summed E-state index contributed by atoms with van der Waals surface area (Å²) in [5, 5.41) is 7.64. The third kappa shape index (κ3) is 0.661. The molecule has 0 saturated heterocycles. The van der Waals surface area contributed by atoms with Gasteiger partial charge >= 0.3 is 0 Å². The molecule has 2 aliphatic rings. The minimum atomic E-state index is 0.287. The number of rotatable bonds is 0. The van der Waals surface area contributed by atoms with Crippen molar-refractivity contribution in [3.8, 4) is 0 Å². The van der Waals surface area contributed by atoms with E-state index in [-0.39, 0.29) is 6.04 Å². The Balaban J connectivity index is 2.37. The van der Waals surface area contributed by atoms with Gasteiger partial charge in [0, 0.05) is 0 Å².